The number of aromatic nitrogens is 10. The molecule has 0 atom stereocenters. The zero-order valence-electron chi connectivity index (χ0n) is 59.9. The quantitative estimate of drug-likeness (QED) is 0.107. The van der Waals surface area contributed by atoms with Gasteiger partial charge in [-0.1, -0.05) is 297 Å². The van der Waals surface area contributed by atoms with Crippen molar-refractivity contribution in [3.05, 3.63) is 388 Å². The standard InChI is InChI=1S/C101H64N10/c1-5-29-65(30-6-1)84-63-85(66-31-7-2-8-32-66)104-101(103-84)83-61-71(56-58-95(83)110-90-50-22-15-43-77(90)78-44-16-23-51-91(78)110)69-37-27-39-73(59-69)98-102-86(67-33-9-3-10-34-67)64-87(105-98)81-46-18-25-53-93(81)111-92-52-24-17-45-79(92)80-57-55-72(62-96(80)111)70-38-28-40-74(60-70)99-106-97(68-35-11-4-12-36-68)107-100(108-99)82-47-19-26-54-94(82)109-88-48-20-13-41-75(88)76-42-14-21-49-89(76)109/h1-64H. The van der Waals surface area contributed by atoms with Gasteiger partial charge in [-0.15, -0.1) is 0 Å². The van der Waals surface area contributed by atoms with Crippen molar-refractivity contribution in [2.45, 2.75) is 0 Å². The highest BCUT2D eigenvalue weighted by molar-refractivity contribution is 6.13. The van der Waals surface area contributed by atoms with Crippen LogP contribution in [0.5, 0.6) is 0 Å². The van der Waals surface area contributed by atoms with E-state index in [0.717, 1.165) is 156 Å². The summed E-state index contributed by atoms with van der Waals surface area (Å²) in [5.74, 6) is 2.94. The Labute approximate surface area is 639 Å². The van der Waals surface area contributed by atoms with Crippen molar-refractivity contribution in [1.82, 2.24) is 48.6 Å². The lowest BCUT2D eigenvalue weighted by Gasteiger charge is -2.17. The zero-order chi connectivity index (χ0) is 73.3. The number of rotatable bonds is 14. The van der Waals surface area contributed by atoms with Crippen LogP contribution in [-0.4, -0.2) is 48.6 Å². The summed E-state index contributed by atoms with van der Waals surface area (Å²) in [4.78, 5) is 38.1. The zero-order valence-corrected chi connectivity index (χ0v) is 59.9. The van der Waals surface area contributed by atoms with Crippen LogP contribution < -0.4 is 0 Å². The molecule has 0 radical (unpaired) electrons. The molecule has 10 nitrogen and oxygen atoms in total. The van der Waals surface area contributed by atoms with Crippen molar-refractivity contribution in [1.29, 1.82) is 0 Å². The first-order valence-corrected chi connectivity index (χ1v) is 37.4. The molecule has 0 aliphatic carbocycles. The highest BCUT2D eigenvalue weighted by atomic mass is 15.1. The first kappa shape index (κ1) is 64.3. The Hall–Kier alpha value is -15.1. The summed E-state index contributed by atoms with van der Waals surface area (Å²) in [6, 6.07) is 137. The molecule has 10 heteroatoms. The molecule has 0 saturated heterocycles. The second kappa shape index (κ2) is 27.0. The highest BCUT2D eigenvalue weighted by Crippen LogP contribution is 2.44. The van der Waals surface area contributed by atoms with E-state index in [4.69, 9.17) is 34.9 Å². The SMILES string of the molecule is c1ccc(-c2cc(-c3ccccc3-n3c4ccccc4c4ccc(-c5cccc(-c6nc(-c7ccccc7)nc(-c7ccccc7-n7c8ccccc8c8ccccc87)n6)c5)cc43)nc(-c3cccc(-c4ccc(-n5c6ccccc6c6ccccc65)c(-c5nc(-c6ccccc6)cc(-c6ccccc6)n5)c4)c3)n2)cc1. The normalized spacial score (nSPS) is 11.6. The summed E-state index contributed by atoms with van der Waals surface area (Å²) >= 11 is 0. The summed E-state index contributed by atoms with van der Waals surface area (Å²) in [5.41, 5.74) is 25.0. The van der Waals surface area contributed by atoms with Gasteiger partial charge in [0, 0.05) is 82.4 Å². The van der Waals surface area contributed by atoms with Crippen molar-refractivity contribution < 1.29 is 0 Å². The van der Waals surface area contributed by atoms with Crippen LogP contribution in [0.1, 0.15) is 0 Å². The maximum atomic E-state index is 5.64. The predicted molar refractivity (Wildman–Crippen MR) is 454 cm³/mol. The Balaban J connectivity index is 0.689. The van der Waals surface area contributed by atoms with E-state index in [9.17, 15) is 0 Å². The van der Waals surface area contributed by atoms with Crippen molar-refractivity contribution >= 4 is 65.4 Å². The van der Waals surface area contributed by atoms with Crippen molar-refractivity contribution in [2.75, 3.05) is 0 Å². The molecule has 6 aromatic heterocycles. The lowest BCUT2D eigenvalue weighted by Crippen LogP contribution is -2.03. The van der Waals surface area contributed by atoms with Gasteiger partial charge < -0.3 is 13.7 Å². The molecule has 0 saturated carbocycles. The molecular formula is C101H64N10. The van der Waals surface area contributed by atoms with Crippen molar-refractivity contribution in [3.63, 3.8) is 0 Å². The largest absolute Gasteiger partial charge is 0.309 e. The minimum atomic E-state index is 0.570. The molecule has 0 bridgehead atoms. The minimum Gasteiger partial charge on any atom is -0.309 e. The number of nitrogens with zero attached hydrogens (tertiary/aromatic N) is 10. The average molecular weight is 1420 g/mol. The molecule has 518 valence electrons. The monoisotopic (exact) mass is 1420 g/mol. The second-order valence-corrected chi connectivity index (χ2v) is 27.9. The van der Waals surface area contributed by atoms with Gasteiger partial charge in [-0.2, -0.15) is 0 Å². The summed E-state index contributed by atoms with van der Waals surface area (Å²) in [5, 5.41) is 6.97. The van der Waals surface area contributed by atoms with E-state index in [1.54, 1.807) is 0 Å². The Morgan fingerprint density at radius 3 is 0.937 bits per heavy atom. The Kier molecular flexibility index (Phi) is 15.6. The fourth-order valence-corrected chi connectivity index (χ4v) is 16.2. The van der Waals surface area contributed by atoms with Crippen LogP contribution in [0.2, 0.25) is 0 Å². The first-order chi connectivity index (χ1) is 55.0. The van der Waals surface area contributed by atoms with Crippen LogP contribution in [0.4, 0.5) is 0 Å². The average Bonchev–Trinajstić information content (AvgIpc) is 1.63. The smallest absolute Gasteiger partial charge is 0.166 e. The van der Waals surface area contributed by atoms with Gasteiger partial charge in [0.05, 0.1) is 72.9 Å². The highest BCUT2D eigenvalue weighted by Gasteiger charge is 2.25. The van der Waals surface area contributed by atoms with E-state index in [0.29, 0.717) is 29.1 Å². The summed E-state index contributed by atoms with van der Waals surface area (Å²) < 4.78 is 7.10. The topological polar surface area (TPSA) is 105 Å². The van der Waals surface area contributed by atoms with Crippen LogP contribution in [0.3, 0.4) is 0 Å². The van der Waals surface area contributed by atoms with Crippen LogP contribution in [0.15, 0.2) is 388 Å². The van der Waals surface area contributed by atoms with Crippen LogP contribution in [0.25, 0.3) is 207 Å². The van der Waals surface area contributed by atoms with Crippen LogP contribution in [-0.2, 0) is 0 Å². The van der Waals surface area contributed by atoms with Crippen molar-refractivity contribution in [2.24, 2.45) is 0 Å². The van der Waals surface area contributed by atoms with Gasteiger partial charge >= 0.3 is 0 Å². The number of fused-ring (bicyclic) bond motifs is 9. The fourth-order valence-electron chi connectivity index (χ4n) is 16.2. The molecule has 0 N–H and O–H groups in total. The van der Waals surface area contributed by atoms with Crippen LogP contribution >= 0.6 is 0 Å². The van der Waals surface area contributed by atoms with Gasteiger partial charge in [-0.25, -0.2) is 34.9 Å². The number of para-hydroxylation sites is 7. The molecule has 0 spiro atoms. The Morgan fingerprint density at radius 2 is 0.441 bits per heavy atom. The van der Waals surface area contributed by atoms with Crippen LogP contribution in [0, 0.1) is 0 Å². The lowest BCUT2D eigenvalue weighted by atomic mass is 9.98. The molecule has 21 aromatic rings. The van der Waals surface area contributed by atoms with Gasteiger partial charge in [-0.05, 0) is 113 Å². The van der Waals surface area contributed by atoms with Gasteiger partial charge in [0.25, 0.3) is 0 Å². The van der Waals surface area contributed by atoms with Gasteiger partial charge in [0.2, 0.25) is 0 Å². The Bertz CT molecular complexity index is 7040. The molecule has 0 amide bonds. The Morgan fingerprint density at radius 1 is 0.144 bits per heavy atom. The first-order valence-electron chi connectivity index (χ1n) is 37.4. The second-order valence-electron chi connectivity index (χ2n) is 27.9. The minimum absolute atomic E-state index is 0.570. The van der Waals surface area contributed by atoms with E-state index < -0.39 is 0 Å². The number of hydrogen-bond acceptors (Lipinski definition) is 7. The summed E-state index contributed by atoms with van der Waals surface area (Å²) in [6.45, 7) is 0. The third kappa shape index (κ3) is 11.4. The number of hydrogen-bond donors (Lipinski definition) is 0. The molecule has 111 heavy (non-hydrogen) atoms. The third-order valence-corrected chi connectivity index (χ3v) is 21.4. The summed E-state index contributed by atoms with van der Waals surface area (Å²) in [6.07, 6.45) is 0. The lowest BCUT2D eigenvalue weighted by molar-refractivity contribution is 1.06. The molecule has 0 fully saturated rings. The molecular weight excluding hydrogens is 1350 g/mol. The van der Waals surface area contributed by atoms with Gasteiger partial charge in [0.1, 0.15) is 0 Å². The van der Waals surface area contributed by atoms with E-state index >= 15 is 0 Å². The van der Waals surface area contributed by atoms with Gasteiger partial charge in [0.15, 0.2) is 29.1 Å². The van der Waals surface area contributed by atoms with E-state index in [1.165, 1.54) is 21.5 Å². The van der Waals surface area contributed by atoms with Gasteiger partial charge in [-0.3, -0.25) is 0 Å². The van der Waals surface area contributed by atoms with E-state index in [2.05, 4.69) is 366 Å². The molecule has 6 heterocycles. The van der Waals surface area contributed by atoms with E-state index in [-0.39, 0.29) is 0 Å². The fraction of sp³-hybridized carbons (Fsp3) is 0. The maximum absolute atomic E-state index is 5.64. The molecule has 0 aliphatic rings. The third-order valence-electron chi connectivity index (χ3n) is 21.4. The predicted octanol–water partition coefficient (Wildman–Crippen LogP) is 25.1. The van der Waals surface area contributed by atoms with E-state index in [1.807, 2.05) is 36.4 Å². The van der Waals surface area contributed by atoms with Crippen molar-refractivity contribution in [3.8, 4) is 141 Å². The maximum Gasteiger partial charge on any atom is 0.166 e. The molecule has 0 unspecified atom stereocenters. The number of benzene rings is 15. The molecule has 15 aromatic carbocycles. The summed E-state index contributed by atoms with van der Waals surface area (Å²) in [7, 11) is 0. The molecule has 0 aliphatic heterocycles. The molecule has 21 rings (SSSR count).